The third kappa shape index (κ3) is 5.87. The summed E-state index contributed by atoms with van der Waals surface area (Å²) >= 11 is 0. The van der Waals surface area contributed by atoms with E-state index in [2.05, 4.69) is 273 Å². The van der Waals surface area contributed by atoms with Gasteiger partial charge < -0.3 is 4.90 Å². The maximum atomic E-state index is 2.67. The first-order chi connectivity index (χ1) is 36.7. The highest BCUT2D eigenvalue weighted by atomic mass is 15.1. The van der Waals surface area contributed by atoms with Crippen LogP contribution in [0.5, 0.6) is 0 Å². The smallest absolute Gasteiger partial charge is 0.0726 e. The maximum absolute atomic E-state index is 2.67. The molecule has 0 radical (unpaired) electrons. The molecule has 368 valence electrons. The molecule has 1 heteroatoms. The summed E-state index contributed by atoms with van der Waals surface area (Å²) in [6.07, 6.45) is 2.10. The molecule has 0 fully saturated rings. The molecule has 76 heavy (non-hydrogen) atoms. The van der Waals surface area contributed by atoms with Crippen LogP contribution in [0.3, 0.4) is 0 Å². The van der Waals surface area contributed by atoms with Crippen molar-refractivity contribution in [2.75, 3.05) is 4.90 Å². The molecule has 0 amide bonds. The van der Waals surface area contributed by atoms with E-state index in [1.807, 2.05) is 0 Å². The van der Waals surface area contributed by atoms with E-state index in [-0.39, 0.29) is 21.7 Å². The van der Waals surface area contributed by atoms with Crippen molar-refractivity contribution >= 4 is 17.1 Å². The maximum Gasteiger partial charge on any atom is 0.0726 e. The second-order valence-electron chi connectivity index (χ2n) is 25.1. The van der Waals surface area contributed by atoms with E-state index < -0.39 is 5.41 Å². The SMILES string of the molecule is CC(C)(C)c1ccc2c(c1)C1(c3cc(C(C)(C)C)ccc3-2)c2ccccc2-c2c(N(c3ccc4c(c3)C3(CCc5ccccc53)c3ccccc3-4)c3ccccc3-c3cccc4c3C(C)(C)c3ccccc3-4)cccc21. The van der Waals surface area contributed by atoms with Crippen molar-refractivity contribution < 1.29 is 0 Å². The Hall–Kier alpha value is -8.00. The van der Waals surface area contributed by atoms with Crippen molar-refractivity contribution in [3.8, 4) is 55.6 Å². The van der Waals surface area contributed by atoms with Gasteiger partial charge in [-0.1, -0.05) is 243 Å². The quantitative estimate of drug-likeness (QED) is 0.170. The monoisotopic (exact) mass is 977 g/mol. The highest BCUT2D eigenvalue weighted by Gasteiger charge is 2.54. The summed E-state index contributed by atoms with van der Waals surface area (Å²) < 4.78 is 0. The number of anilines is 3. The van der Waals surface area contributed by atoms with Crippen LogP contribution in [0.1, 0.15) is 129 Å². The van der Waals surface area contributed by atoms with Crippen LogP contribution in [0, 0.1) is 0 Å². The lowest BCUT2D eigenvalue weighted by atomic mass is 9.69. The first kappa shape index (κ1) is 45.4. The van der Waals surface area contributed by atoms with Crippen LogP contribution < -0.4 is 4.90 Å². The molecule has 0 aromatic heterocycles. The lowest BCUT2D eigenvalue weighted by Crippen LogP contribution is -2.27. The van der Waals surface area contributed by atoms with E-state index in [1.54, 1.807) is 0 Å². The van der Waals surface area contributed by atoms with E-state index in [0.717, 1.165) is 12.8 Å². The third-order valence-corrected chi connectivity index (χ3v) is 18.8. The van der Waals surface area contributed by atoms with Gasteiger partial charge in [0.1, 0.15) is 0 Å². The molecule has 0 aliphatic heterocycles. The molecule has 0 bridgehead atoms. The summed E-state index contributed by atoms with van der Waals surface area (Å²) in [5.41, 5.74) is 32.3. The first-order valence-corrected chi connectivity index (χ1v) is 27.7. The van der Waals surface area contributed by atoms with E-state index in [9.17, 15) is 0 Å². The van der Waals surface area contributed by atoms with Gasteiger partial charge in [-0.2, -0.15) is 0 Å². The molecule has 15 rings (SSSR count). The van der Waals surface area contributed by atoms with Crippen LogP contribution in [0.2, 0.25) is 0 Å². The zero-order valence-corrected chi connectivity index (χ0v) is 45.1. The van der Waals surface area contributed by atoms with Gasteiger partial charge in [0, 0.05) is 27.6 Å². The minimum absolute atomic E-state index is 0.0388. The third-order valence-electron chi connectivity index (χ3n) is 18.8. The highest BCUT2D eigenvalue weighted by Crippen LogP contribution is 2.67. The molecular formula is C75H63N. The Morgan fingerprint density at radius 1 is 0.355 bits per heavy atom. The fourth-order valence-corrected chi connectivity index (χ4v) is 15.4. The number of benzene rings is 10. The Morgan fingerprint density at radius 2 is 0.829 bits per heavy atom. The summed E-state index contributed by atoms with van der Waals surface area (Å²) in [6, 6.07) is 82.9. The van der Waals surface area contributed by atoms with Crippen LogP contribution in [-0.2, 0) is 33.5 Å². The Balaban J connectivity index is 1.05. The van der Waals surface area contributed by atoms with Gasteiger partial charge in [-0.15, -0.1) is 0 Å². The summed E-state index contributed by atoms with van der Waals surface area (Å²) in [5.74, 6) is 0. The Morgan fingerprint density at radius 3 is 1.51 bits per heavy atom. The van der Waals surface area contributed by atoms with Crippen molar-refractivity contribution in [1.29, 1.82) is 0 Å². The molecule has 1 atom stereocenters. The molecule has 10 aromatic carbocycles. The highest BCUT2D eigenvalue weighted by molar-refractivity contribution is 6.04. The van der Waals surface area contributed by atoms with Crippen molar-refractivity contribution in [3.05, 3.63) is 279 Å². The molecular weight excluding hydrogens is 915 g/mol. The first-order valence-electron chi connectivity index (χ1n) is 27.7. The Kier molecular flexibility index (Phi) is 9.29. The van der Waals surface area contributed by atoms with Crippen LogP contribution in [-0.4, -0.2) is 0 Å². The zero-order valence-electron chi connectivity index (χ0n) is 45.1. The van der Waals surface area contributed by atoms with Gasteiger partial charge in [-0.05, 0) is 159 Å². The number of rotatable bonds is 4. The molecule has 0 saturated heterocycles. The van der Waals surface area contributed by atoms with Gasteiger partial charge >= 0.3 is 0 Å². The summed E-state index contributed by atoms with van der Waals surface area (Å²) in [5, 5.41) is 0. The summed E-state index contributed by atoms with van der Waals surface area (Å²) in [7, 11) is 0. The summed E-state index contributed by atoms with van der Waals surface area (Å²) in [6.45, 7) is 19.0. The van der Waals surface area contributed by atoms with Crippen LogP contribution in [0.15, 0.2) is 212 Å². The predicted octanol–water partition coefficient (Wildman–Crippen LogP) is 19.3. The molecule has 0 saturated carbocycles. The minimum Gasteiger partial charge on any atom is -0.309 e. The van der Waals surface area contributed by atoms with Crippen molar-refractivity contribution in [3.63, 3.8) is 0 Å². The van der Waals surface area contributed by atoms with Crippen LogP contribution >= 0.6 is 0 Å². The average Bonchev–Trinajstić information content (AvgIpc) is 4.40. The van der Waals surface area contributed by atoms with Crippen LogP contribution in [0.25, 0.3) is 55.6 Å². The second-order valence-corrected chi connectivity index (χ2v) is 25.1. The fraction of sp³-hybridized carbons (Fsp3) is 0.200. The zero-order chi connectivity index (χ0) is 51.7. The average molecular weight is 978 g/mol. The van der Waals surface area contributed by atoms with Crippen LogP contribution in [0.4, 0.5) is 17.1 Å². The van der Waals surface area contributed by atoms with Crippen molar-refractivity contribution in [2.45, 2.75) is 95.3 Å². The molecule has 1 unspecified atom stereocenters. The van der Waals surface area contributed by atoms with Gasteiger partial charge in [0.15, 0.2) is 0 Å². The number of nitrogens with zero attached hydrogens (tertiary/aromatic N) is 1. The topological polar surface area (TPSA) is 3.24 Å². The molecule has 5 aliphatic rings. The van der Waals surface area contributed by atoms with E-state index in [1.165, 1.54) is 139 Å². The van der Waals surface area contributed by atoms with E-state index in [0.29, 0.717) is 0 Å². The largest absolute Gasteiger partial charge is 0.309 e. The Bertz CT molecular complexity index is 4060. The molecule has 2 spiro atoms. The van der Waals surface area contributed by atoms with E-state index >= 15 is 0 Å². The standard InChI is InChI=1S/C75H63N/c1-71(2,3)47-35-38-53-54-39-36-48(72(4,5)6)44-66(54)75(65(53)43-47)62-31-17-12-25-58(62)69-63(75)32-20-34-68(69)76(67-33-18-13-24-55(67)57-27-19-26-56-51-23-10-15-29-60(51)73(7,8)70(56)57)49-37-40-52-50-22-11-16-30-61(50)74(64(52)45-49)42-41-46-21-9-14-28-59(46)74/h9-40,43-45H,41-42H2,1-8H3. The molecule has 10 aromatic rings. The van der Waals surface area contributed by atoms with E-state index in [4.69, 9.17) is 0 Å². The molecule has 5 aliphatic carbocycles. The van der Waals surface area contributed by atoms with Gasteiger partial charge in [-0.3, -0.25) is 0 Å². The number of hydrogen-bond donors (Lipinski definition) is 0. The Labute approximate surface area is 449 Å². The lowest BCUT2D eigenvalue weighted by Gasteiger charge is -2.34. The number of para-hydroxylation sites is 1. The number of aryl methyl sites for hydroxylation is 1. The second kappa shape index (κ2) is 15.5. The number of hydrogen-bond acceptors (Lipinski definition) is 1. The van der Waals surface area contributed by atoms with Crippen molar-refractivity contribution in [1.82, 2.24) is 0 Å². The molecule has 0 heterocycles. The normalized spacial score (nSPS) is 17.1. The van der Waals surface area contributed by atoms with Gasteiger partial charge in [0.2, 0.25) is 0 Å². The minimum atomic E-state index is -0.548. The summed E-state index contributed by atoms with van der Waals surface area (Å²) in [4.78, 5) is 2.67. The fourth-order valence-electron chi connectivity index (χ4n) is 15.4. The molecule has 1 nitrogen and oxygen atoms in total. The van der Waals surface area contributed by atoms with Crippen molar-refractivity contribution in [2.24, 2.45) is 0 Å². The molecule has 0 N–H and O–H groups in total. The van der Waals surface area contributed by atoms with Gasteiger partial charge in [0.25, 0.3) is 0 Å². The number of fused-ring (bicyclic) bond motifs is 20. The van der Waals surface area contributed by atoms with Gasteiger partial charge in [0.05, 0.1) is 16.8 Å². The predicted molar refractivity (Wildman–Crippen MR) is 318 cm³/mol. The lowest BCUT2D eigenvalue weighted by molar-refractivity contribution is 0.586. The van der Waals surface area contributed by atoms with Gasteiger partial charge in [-0.25, -0.2) is 0 Å².